The summed E-state index contributed by atoms with van der Waals surface area (Å²) < 4.78 is 9.78. The first kappa shape index (κ1) is 28.3. The summed E-state index contributed by atoms with van der Waals surface area (Å²) in [5.41, 5.74) is 4.84. The van der Waals surface area contributed by atoms with E-state index in [0.29, 0.717) is 30.5 Å². The van der Waals surface area contributed by atoms with E-state index in [1.54, 1.807) is 12.2 Å². The van der Waals surface area contributed by atoms with Gasteiger partial charge in [0.2, 0.25) is 11.6 Å². The Morgan fingerprint density at radius 2 is 1.80 bits per heavy atom. The molecule has 0 spiro atoms. The molecular weight excluding hydrogens is 556 g/mol. The zero-order chi connectivity index (χ0) is 30.3. The second-order valence-electron chi connectivity index (χ2n) is 11.9. The van der Waals surface area contributed by atoms with Gasteiger partial charge in [0.25, 0.3) is 5.56 Å². The summed E-state index contributed by atoms with van der Waals surface area (Å²) in [5.74, 6) is 1.82. The molecule has 11 nitrogen and oxygen atoms in total. The maximum atomic E-state index is 14.4. The molecule has 2 N–H and O–H groups in total. The van der Waals surface area contributed by atoms with Gasteiger partial charge in [0.1, 0.15) is 11.4 Å². The van der Waals surface area contributed by atoms with Crippen LogP contribution < -0.4 is 5.56 Å². The zero-order valence-corrected chi connectivity index (χ0v) is 25.0. The minimum absolute atomic E-state index is 0.00836. The second-order valence-corrected chi connectivity index (χ2v) is 11.9. The minimum atomic E-state index is -0.862. The van der Waals surface area contributed by atoms with Gasteiger partial charge in [-0.1, -0.05) is 61.9 Å². The molecule has 0 aliphatic heterocycles. The van der Waals surface area contributed by atoms with Crippen LogP contribution in [-0.4, -0.2) is 63.2 Å². The number of hydrogen-bond acceptors (Lipinski definition) is 8. The Hall–Kier alpha value is -4.48. The zero-order valence-electron chi connectivity index (χ0n) is 25.0. The number of aliphatic hydroxyl groups is 1. The van der Waals surface area contributed by atoms with E-state index in [2.05, 4.69) is 51.8 Å². The predicted molar refractivity (Wildman–Crippen MR) is 165 cm³/mol. The lowest BCUT2D eigenvalue weighted by Gasteiger charge is -2.31. The highest BCUT2D eigenvalue weighted by atomic mass is 16.5. The van der Waals surface area contributed by atoms with Crippen molar-refractivity contribution < 1.29 is 9.84 Å². The van der Waals surface area contributed by atoms with Gasteiger partial charge in [-0.3, -0.25) is 9.36 Å². The molecule has 2 aliphatic carbocycles. The maximum Gasteiger partial charge on any atom is 0.259 e. The van der Waals surface area contributed by atoms with Crippen molar-refractivity contribution in [2.24, 2.45) is 0 Å². The summed E-state index contributed by atoms with van der Waals surface area (Å²) in [6.07, 6.45) is 8.97. The van der Waals surface area contributed by atoms with Gasteiger partial charge >= 0.3 is 0 Å². The number of ether oxygens (including phenoxy) is 1. The Bertz CT molecular complexity index is 1860. The smallest absolute Gasteiger partial charge is 0.259 e. The largest absolute Gasteiger partial charge is 0.379 e. The van der Waals surface area contributed by atoms with Gasteiger partial charge in [-0.2, -0.15) is 15.3 Å². The molecule has 1 saturated carbocycles. The quantitative estimate of drug-likeness (QED) is 0.228. The molecule has 0 unspecified atom stereocenters. The molecule has 7 rings (SSSR count). The van der Waals surface area contributed by atoms with Gasteiger partial charge in [-0.05, 0) is 73.1 Å². The fraction of sp³-hybridized carbons (Fsp3) is 0.394. The Morgan fingerprint density at radius 1 is 1.05 bits per heavy atom. The highest BCUT2D eigenvalue weighted by Crippen LogP contribution is 2.33. The summed E-state index contributed by atoms with van der Waals surface area (Å²) in [5, 5.41) is 29.4. The molecule has 2 aliphatic rings. The number of aryl methyl sites for hydroxylation is 2. The fourth-order valence-electron chi connectivity index (χ4n) is 6.35. The number of aromatic amines is 1. The van der Waals surface area contributed by atoms with Gasteiger partial charge in [0.05, 0.1) is 18.4 Å². The maximum absolute atomic E-state index is 14.4. The Labute approximate surface area is 254 Å². The number of benzene rings is 2. The van der Waals surface area contributed by atoms with Gasteiger partial charge in [0.15, 0.2) is 0 Å². The third-order valence-electron chi connectivity index (χ3n) is 8.75. The van der Waals surface area contributed by atoms with Crippen LogP contribution in [0.25, 0.3) is 28.3 Å². The molecule has 0 radical (unpaired) electrons. The van der Waals surface area contributed by atoms with Crippen LogP contribution in [0.4, 0.5) is 0 Å². The summed E-state index contributed by atoms with van der Waals surface area (Å²) >= 11 is 0. The Kier molecular flexibility index (Phi) is 7.43. The van der Waals surface area contributed by atoms with E-state index in [1.165, 1.54) is 0 Å². The number of tetrazole rings is 1. The molecule has 0 saturated heterocycles. The second kappa shape index (κ2) is 11.5. The van der Waals surface area contributed by atoms with E-state index in [0.717, 1.165) is 72.0 Å². The highest BCUT2D eigenvalue weighted by Gasteiger charge is 2.34. The fourth-order valence-corrected chi connectivity index (χ4v) is 6.35. The number of rotatable bonds is 10. The van der Waals surface area contributed by atoms with Crippen LogP contribution >= 0.6 is 0 Å². The number of H-pyrrole nitrogens is 1. The third-order valence-corrected chi connectivity index (χ3v) is 8.75. The lowest BCUT2D eigenvalue weighted by Crippen LogP contribution is -2.35. The third kappa shape index (κ3) is 5.48. The van der Waals surface area contributed by atoms with Crippen LogP contribution in [0.3, 0.4) is 0 Å². The number of nitrogens with zero attached hydrogens (tertiary/aromatic N) is 7. The lowest BCUT2D eigenvalue weighted by molar-refractivity contribution is -0.0296. The molecule has 1 fully saturated rings. The van der Waals surface area contributed by atoms with Gasteiger partial charge in [0, 0.05) is 23.6 Å². The Balaban J connectivity index is 1.19. The van der Waals surface area contributed by atoms with Crippen LogP contribution in [0.1, 0.15) is 67.7 Å². The van der Waals surface area contributed by atoms with E-state index >= 15 is 0 Å². The summed E-state index contributed by atoms with van der Waals surface area (Å²) in [7, 11) is 0. The molecule has 0 atom stereocenters. The average Bonchev–Trinajstić information content (AvgIpc) is 3.38. The van der Waals surface area contributed by atoms with Crippen LogP contribution in [-0.2, 0) is 17.6 Å². The van der Waals surface area contributed by atoms with E-state index in [9.17, 15) is 9.90 Å². The normalized spacial score (nSPS) is 19.1. The Morgan fingerprint density at radius 3 is 2.48 bits per heavy atom. The van der Waals surface area contributed by atoms with Crippen molar-refractivity contribution in [2.75, 3.05) is 6.61 Å². The average molecular weight is 593 g/mol. The van der Waals surface area contributed by atoms with E-state index in [1.807, 2.05) is 40.3 Å². The molecule has 44 heavy (non-hydrogen) atoms. The molecule has 11 heteroatoms. The molecular formula is C33H36N8O3. The molecule has 0 bridgehead atoms. The molecule has 5 aromatic rings. The van der Waals surface area contributed by atoms with Crippen molar-refractivity contribution >= 4 is 5.78 Å². The van der Waals surface area contributed by atoms with Crippen molar-refractivity contribution in [2.45, 2.75) is 76.5 Å². The summed E-state index contributed by atoms with van der Waals surface area (Å²) in [4.78, 5) is 19.1. The standard InChI is InChI=1S/C33H36N8O3/c1-3-6-29-28(19-22-9-11-23(12-10-22)26-7-4-5-8-27(26)30-35-38-39-36-30)31(42)40(32-34-21(2)37-41(29)32)24-13-15-25(16-14-24)44-20-33(43)17-18-33/h4-5,7-12,17-18,24-25,43H,3,6,13-16,19-20H2,1-2H3,(H,35,36,38,39). The monoisotopic (exact) mass is 592 g/mol. The number of hydrogen-bond donors (Lipinski definition) is 2. The molecule has 0 amide bonds. The first-order valence-corrected chi connectivity index (χ1v) is 15.4. The van der Waals surface area contributed by atoms with Gasteiger partial charge in [-0.15, -0.1) is 10.2 Å². The lowest BCUT2D eigenvalue weighted by atomic mass is 9.92. The molecule has 2 aromatic carbocycles. The SMILES string of the molecule is CCCc1c(Cc2ccc(-c3ccccc3-c3nn[nH]n3)cc2)c(=O)n(C2CCC(OCC3(O)C=C3)CC2)c2nc(C)nn12. The van der Waals surface area contributed by atoms with Gasteiger partial charge < -0.3 is 9.84 Å². The van der Waals surface area contributed by atoms with Crippen molar-refractivity contribution in [3.63, 3.8) is 0 Å². The number of aromatic nitrogens is 8. The van der Waals surface area contributed by atoms with Crippen LogP contribution in [0, 0.1) is 6.92 Å². The highest BCUT2D eigenvalue weighted by molar-refractivity contribution is 5.80. The van der Waals surface area contributed by atoms with E-state index < -0.39 is 5.60 Å². The minimum Gasteiger partial charge on any atom is -0.379 e. The summed E-state index contributed by atoms with van der Waals surface area (Å²) in [6, 6.07) is 16.3. The van der Waals surface area contributed by atoms with Crippen LogP contribution in [0.5, 0.6) is 0 Å². The molecule has 3 aromatic heterocycles. The molecule has 226 valence electrons. The predicted octanol–water partition coefficient (Wildman–Crippen LogP) is 4.39. The topological polar surface area (TPSA) is 136 Å². The van der Waals surface area contributed by atoms with Gasteiger partial charge in [-0.25, -0.2) is 4.52 Å². The first-order chi connectivity index (χ1) is 21.4. The van der Waals surface area contributed by atoms with Crippen molar-refractivity contribution in [3.8, 4) is 22.5 Å². The summed E-state index contributed by atoms with van der Waals surface area (Å²) in [6.45, 7) is 4.30. The number of nitrogens with one attached hydrogen (secondary N) is 1. The van der Waals surface area contributed by atoms with E-state index in [-0.39, 0.29) is 17.7 Å². The molecule has 3 heterocycles. The number of fused-ring (bicyclic) bond motifs is 1. The van der Waals surface area contributed by atoms with Crippen LogP contribution in [0.2, 0.25) is 0 Å². The van der Waals surface area contributed by atoms with E-state index in [4.69, 9.17) is 14.8 Å². The van der Waals surface area contributed by atoms with Crippen molar-refractivity contribution in [1.82, 2.24) is 39.8 Å². The van der Waals surface area contributed by atoms with Crippen LogP contribution in [0.15, 0.2) is 65.5 Å². The van der Waals surface area contributed by atoms with Crippen molar-refractivity contribution in [3.05, 3.63) is 93.7 Å². The first-order valence-electron chi connectivity index (χ1n) is 15.4. The van der Waals surface area contributed by atoms with Crippen molar-refractivity contribution in [1.29, 1.82) is 0 Å².